The largest absolute Gasteiger partial charge is 0.385 e. The van der Waals surface area contributed by atoms with Crippen molar-refractivity contribution in [3.05, 3.63) is 41.5 Å². The van der Waals surface area contributed by atoms with Gasteiger partial charge in [-0.1, -0.05) is 17.6 Å². The number of anilines is 1. The van der Waals surface area contributed by atoms with Crippen LogP contribution in [0.15, 0.2) is 28.8 Å². The molecular formula is C17H20N4O. The summed E-state index contributed by atoms with van der Waals surface area (Å²) in [6.45, 7) is 0.909. The van der Waals surface area contributed by atoms with Gasteiger partial charge in [-0.05, 0) is 43.9 Å². The second-order valence-corrected chi connectivity index (χ2v) is 5.75. The summed E-state index contributed by atoms with van der Waals surface area (Å²) < 4.78 is 5.26. The molecule has 0 atom stereocenters. The van der Waals surface area contributed by atoms with E-state index in [1.54, 1.807) is 0 Å². The Morgan fingerprint density at radius 2 is 2.18 bits per heavy atom. The zero-order valence-corrected chi connectivity index (χ0v) is 12.6. The Morgan fingerprint density at radius 1 is 1.27 bits per heavy atom. The summed E-state index contributed by atoms with van der Waals surface area (Å²) in [6.07, 6.45) is 6.54. The van der Waals surface area contributed by atoms with Crippen LogP contribution in [-0.4, -0.2) is 16.7 Å². The van der Waals surface area contributed by atoms with Crippen molar-refractivity contribution in [3.8, 4) is 6.07 Å². The third-order valence-corrected chi connectivity index (χ3v) is 3.81. The molecule has 0 spiro atoms. The second-order valence-electron chi connectivity index (χ2n) is 5.75. The van der Waals surface area contributed by atoms with E-state index in [0.29, 0.717) is 11.5 Å². The summed E-state index contributed by atoms with van der Waals surface area (Å²) in [5, 5.41) is 16.2. The normalized spacial score (nSPS) is 13.8. The number of hydrogen-bond acceptors (Lipinski definition) is 5. The molecule has 114 valence electrons. The van der Waals surface area contributed by atoms with Crippen molar-refractivity contribution in [3.63, 3.8) is 0 Å². The first-order valence-corrected chi connectivity index (χ1v) is 7.91. The molecule has 0 bridgehead atoms. The van der Waals surface area contributed by atoms with Crippen LogP contribution in [0.4, 0.5) is 5.69 Å². The smallest absolute Gasteiger partial charge is 0.226 e. The Morgan fingerprint density at radius 3 is 3.00 bits per heavy atom. The SMILES string of the molecule is N#Cc1cccc(NCCCCCc2nc(C3CC3)no2)c1. The lowest BCUT2D eigenvalue weighted by molar-refractivity contribution is 0.369. The molecule has 0 amide bonds. The van der Waals surface area contributed by atoms with Gasteiger partial charge >= 0.3 is 0 Å². The van der Waals surface area contributed by atoms with Crippen molar-refractivity contribution in [2.24, 2.45) is 0 Å². The van der Waals surface area contributed by atoms with E-state index < -0.39 is 0 Å². The lowest BCUT2D eigenvalue weighted by Gasteiger charge is -2.05. The highest BCUT2D eigenvalue weighted by molar-refractivity contribution is 5.48. The first kappa shape index (κ1) is 14.6. The molecule has 5 nitrogen and oxygen atoms in total. The van der Waals surface area contributed by atoms with E-state index in [9.17, 15) is 0 Å². The summed E-state index contributed by atoms with van der Waals surface area (Å²) in [4.78, 5) is 4.43. The molecule has 5 heteroatoms. The van der Waals surface area contributed by atoms with Crippen LogP contribution in [0.1, 0.15) is 55.3 Å². The molecule has 1 saturated carbocycles. The zero-order chi connectivity index (χ0) is 15.2. The van der Waals surface area contributed by atoms with Gasteiger partial charge < -0.3 is 9.84 Å². The highest BCUT2D eigenvalue weighted by Crippen LogP contribution is 2.38. The summed E-state index contributed by atoms with van der Waals surface area (Å²) in [5.41, 5.74) is 1.69. The van der Waals surface area contributed by atoms with Gasteiger partial charge in [0.15, 0.2) is 5.82 Å². The fourth-order valence-corrected chi connectivity index (χ4v) is 2.39. The molecule has 1 heterocycles. The van der Waals surface area contributed by atoms with Crippen LogP contribution in [0.5, 0.6) is 0 Å². The molecule has 1 aromatic carbocycles. The van der Waals surface area contributed by atoms with Crippen LogP contribution in [0.25, 0.3) is 0 Å². The number of aromatic nitrogens is 2. The average molecular weight is 296 g/mol. The van der Waals surface area contributed by atoms with Gasteiger partial charge in [0, 0.05) is 24.6 Å². The predicted octanol–water partition coefficient (Wildman–Crippen LogP) is 3.64. The van der Waals surface area contributed by atoms with Gasteiger partial charge in [-0.2, -0.15) is 10.2 Å². The van der Waals surface area contributed by atoms with Gasteiger partial charge in [0.05, 0.1) is 11.6 Å². The summed E-state index contributed by atoms with van der Waals surface area (Å²) in [5.74, 6) is 2.23. The summed E-state index contributed by atoms with van der Waals surface area (Å²) in [7, 11) is 0. The maximum Gasteiger partial charge on any atom is 0.226 e. The highest BCUT2D eigenvalue weighted by atomic mass is 16.5. The van der Waals surface area contributed by atoms with E-state index in [1.807, 2.05) is 24.3 Å². The van der Waals surface area contributed by atoms with Crippen LogP contribution in [0.2, 0.25) is 0 Å². The van der Waals surface area contributed by atoms with Crippen molar-refractivity contribution >= 4 is 5.69 Å². The van der Waals surface area contributed by atoms with Crippen LogP contribution in [-0.2, 0) is 6.42 Å². The molecule has 0 radical (unpaired) electrons. The number of rotatable bonds is 8. The van der Waals surface area contributed by atoms with E-state index in [0.717, 1.165) is 49.6 Å². The quantitative estimate of drug-likeness (QED) is 0.753. The van der Waals surface area contributed by atoms with E-state index >= 15 is 0 Å². The molecule has 22 heavy (non-hydrogen) atoms. The van der Waals surface area contributed by atoms with E-state index in [2.05, 4.69) is 21.5 Å². The molecular weight excluding hydrogens is 276 g/mol. The number of aryl methyl sites for hydroxylation is 1. The Labute approximate surface area is 130 Å². The Kier molecular flexibility index (Phi) is 4.69. The minimum absolute atomic E-state index is 0.561. The predicted molar refractivity (Wildman–Crippen MR) is 83.5 cm³/mol. The first-order valence-electron chi connectivity index (χ1n) is 7.91. The van der Waals surface area contributed by atoms with Crippen LogP contribution in [0, 0.1) is 11.3 Å². The number of benzene rings is 1. The van der Waals surface area contributed by atoms with Gasteiger partial charge in [-0.15, -0.1) is 0 Å². The van der Waals surface area contributed by atoms with Gasteiger partial charge in [-0.25, -0.2) is 0 Å². The fraction of sp³-hybridized carbons (Fsp3) is 0.471. The third-order valence-electron chi connectivity index (χ3n) is 3.81. The lowest BCUT2D eigenvalue weighted by atomic mass is 10.2. The van der Waals surface area contributed by atoms with Gasteiger partial charge in [0.1, 0.15) is 0 Å². The maximum absolute atomic E-state index is 8.85. The van der Waals surface area contributed by atoms with Gasteiger partial charge in [0.25, 0.3) is 0 Å². The number of hydrogen-bond donors (Lipinski definition) is 1. The lowest BCUT2D eigenvalue weighted by Crippen LogP contribution is -2.01. The van der Waals surface area contributed by atoms with Gasteiger partial charge in [0.2, 0.25) is 5.89 Å². The van der Waals surface area contributed by atoms with Crippen molar-refractivity contribution in [1.29, 1.82) is 5.26 Å². The molecule has 0 saturated heterocycles. The topological polar surface area (TPSA) is 74.7 Å². The summed E-state index contributed by atoms with van der Waals surface area (Å²) >= 11 is 0. The maximum atomic E-state index is 8.85. The van der Waals surface area contributed by atoms with Crippen molar-refractivity contribution in [1.82, 2.24) is 10.1 Å². The van der Waals surface area contributed by atoms with Crippen LogP contribution in [0.3, 0.4) is 0 Å². The molecule has 1 aliphatic carbocycles. The zero-order valence-electron chi connectivity index (χ0n) is 12.6. The molecule has 1 N–H and O–H groups in total. The highest BCUT2D eigenvalue weighted by Gasteiger charge is 2.28. The molecule has 1 aliphatic rings. The van der Waals surface area contributed by atoms with Crippen molar-refractivity contribution in [2.75, 3.05) is 11.9 Å². The minimum Gasteiger partial charge on any atom is -0.385 e. The number of nitriles is 1. The molecule has 1 aromatic heterocycles. The molecule has 0 unspecified atom stereocenters. The first-order chi connectivity index (χ1) is 10.8. The minimum atomic E-state index is 0.561. The van der Waals surface area contributed by atoms with Crippen molar-refractivity contribution < 1.29 is 4.52 Å². The van der Waals surface area contributed by atoms with E-state index in [-0.39, 0.29) is 0 Å². The number of nitrogens with one attached hydrogen (secondary N) is 1. The monoisotopic (exact) mass is 296 g/mol. The fourth-order valence-electron chi connectivity index (χ4n) is 2.39. The Hall–Kier alpha value is -2.35. The number of nitrogens with zero attached hydrogens (tertiary/aromatic N) is 3. The molecule has 2 aromatic rings. The van der Waals surface area contributed by atoms with E-state index in [4.69, 9.17) is 9.78 Å². The van der Waals surface area contributed by atoms with Gasteiger partial charge in [-0.3, -0.25) is 0 Å². The molecule has 0 aliphatic heterocycles. The summed E-state index contributed by atoms with van der Waals surface area (Å²) in [6, 6.07) is 9.71. The Bertz CT molecular complexity index is 655. The third kappa shape index (κ3) is 4.08. The van der Waals surface area contributed by atoms with E-state index in [1.165, 1.54) is 12.8 Å². The molecule has 3 rings (SSSR count). The second kappa shape index (κ2) is 7.08. The standard InChI is InChI=1S/C17H20N4O/c18-12-13-5-4-6-15(11-13)19-10-3-1-2-7-16-20-17(21-22-16)14-8-9-14/h4-6,11,14,19H,1-3,7-10H2. The molecule has 1 fully saturated rings. The van der Waals surface area contributed by atoms with Crippen molar-refractivity contribution in [2.45, 2.75) is 44.4 Å². The van der Waals surface area contributed by atoms with Crippen LogP contribution < -0.4 is 5.32 Å². The number of unbranched alkanes of at least 4 members (excludes halogenated alkanes) is 2. The van der Waals surface area contributed by atoms with Crippen LogP contribution >= 0.6 is 0 Å². The average Bonchev–Trinajstić information content (AvgIpc) is 3.30. The Balaban J connectivity index is 1.31.